The molecule has 0 spiro atoms. The number of amides is 1. The van der Waals surface area contributed by atoms with Crippen LogP contribution in [0.1, 0.15) is 27.9 Å². The summed E-state index contributed by atoms with van der Waals surface area (Å²) in [6, 6.07) is 13.1. The maximum absolute atomic E-state index is 12.4. The maximum atomic E-state index is 12.4. The molecule has 3 rings (SSSR count). The lowest BCUT2D eigenvalue weighted by atomic mass is 9.96. The Morgan fingerprint density at radius 1 is 1.35 bits per heavy atom. The van der Waals surface area contributed by atoms with Gasteiger partial charge < -0.3 is 15.2 Å². The predicted molar refractivity (Wildman–Crippen MR) is 91.7 cm³/mol. The molecule has 1 atom stereocenters. The van der Waals surface area contributed by atoms with E-state index in [4.69, 9.17) is 4.74 Å². The number of methoxy groups -OCH3 is 1. The quantitative estimate of drug-likeness (QED) is 0.863. The summed E-state index contributed by atoms with van der Waals surface area (Å²) in [7, 11) is 1.56. The molecular weight excluding hydrogens is 358 g/mol. The van der Waals surface area contributed by atoms with Gasteiger partial charge in [-0.3, -0.25) is 4.79 Å². The van der Waals surface area contributed by atoms with Crippen molar-refractivity contribution in [3.8, 4) is 5.75 Å². The first-order chi connectivity index (χ1) is 11.0. The van der Waals surface area contributed by atoms with E-state index < -0.39 is 5.60 Å². The Bertz CT molecular complexity index is 747. The third-order valence-electron chi connectivity index (χ3n) is 4.29. The molecule has 1 amide bonds. The average molecular weight is 376 g/mol. The summed E-state index contributed by atoms with van der Waals surface area (Å²) in [4.78, 5) is 12.4. The summed E-state index contributed by atoms with van der Waals surface area (Å²) in [5, 5.41) is 13.7. The Labute approximate surface area is 143 Å². The Morgan fingerprint density at radius 2 is 2.13 bits per heavy atom. The zero-order valence-electron chi connectivity index (χ0n) is 12.8. The van der Waals surface area contributed by atoms with Crippen LogP contribution in [0.3, 0.4) is 0 Å². The Kier molecular flexibility index (Phi) is 4.41. The molecule has 2 aromatic rings. The zero-order valence-corrected chi connectivity index (χ0v) is 14.4. The molecule has 0 radical (unpaired) electrons. The highest BCUT2D eigenvalue weighted by molar-refractivity contribution is 9.10. The third kappa shape index (κ3) is 3.12. The summed E-state index contributed by atoms with van der Waals surface area (Å²) in [6.07, 6.45) is 1.44. The summed E-state index contributed by atoms with van der Waals surface area (Å²) >= 11 is 3.37. The number of hydrogen-bond acceptors (Lipinski definition) is 3. The molecule has 0 saturated heterocycles. The zero-order chi connectivity index (χ0) is 16.4. The molecule has 4 nitrogen and oxygen atoms in total. The topological polar surface area (TPSA) is 58.6 Å². The van der Waals surface area contributed by atoms with E-state index in [1.54, 1.807) is 25.3 Å². The van der Waals surface area contributed by atoms with Crippen molar-refractivity contribution >= 4 is 21.8 Å². The van der Waals surface area contributed by atoms with E-state index in [1.165, 1.54) is 0 Å². The second-order valence-corrected chi connectivity index (χ2v) is 6.57. The van der Waals surface area contributed by atoms with Gasteiger partial charge in [0.25, 0.3) is 5.91 Å². The van der Waals surface area contributed by atoms with Gasteiger partial charge in [0.15, 0.2) is 0 Å². The lowest BCUT2D eigenvalue weighted by molar-refractivity contribution is 0.0369. The highest BCUT2D eigenvalue weighted by Gasteiger charge is 2.36. The number of aliphatic hydroxyl groups is 1. The van der Waals surface area contributed by atoms with Crippen LogP contribution in [0.2, 0.25) is 0 Å². The molecule has 23 heavy (non-hydrogen) atoms. The van der Waals surface area contributed by atoms with Crippen LogP contribution in [-0.4, -0.2) is 24.7 Å². The van der Waals surface area contributed by atoms with E-state index in [-0.39, 0.29) is 12.5 Å². The third-order valence-corrected chi connectivity index (χ3v) is 4.98. The van der Waals surface area contributed by atoms with Gasteiger partial charge in [0.1, 0.15) is 11.4 Å². The summed E-state index contributed by atoms with van der Waals surface area (Å²) in [6.45, 7) is 0.187. The van der Waals surface area contributed by atoms with Gasteiger partial charge in [-0.1, -0.05) is 24.3 Å². The fraction of sp³-hybridized carbons (Fsp3) is 0.278. The van der Waals surface area contributed by atoms with Crippen molar-refractivity contribution in [2.45, 2.75) is 18.4 Å². The van der Waals surface area contributed by atoms with Crippen LogP contribution in [0.5, 0.6) is 5.75 Å². The number of ether oxygens (including phenoxy) is 1. The van der Waals surface area contributed by atoms with Gasteiger partial charge in [0, 0.05) is 4.47 Å². The lowest BCUT2D eigenvalue weighted by Crippen LogP contribution is -2.39. The molecular formula is C18H18BrNO3. The molecule has 0 heterocycles. The summed E-state index contributed by atoms with van der Waals surface area (Å²) in [5.74, 6) is 0.372. The Hall–Kier alpha value is -1.85. The SMILES string of the molecule is COc1ccc(Br)c(C(=O)NC[C@@]2(O)CCc3ccccc32)c1. The Balaban J connectivity index is 1.75. The van der Waals surface area contributed by atoms with E-state index >= 15 is 0 Å². The minimum Gasteiger partial charge on any atom is -0.497 e. The highest BCUT2D eigenvalue weighted by Crippen LogP contribution is 2.36. The number of hydrogen-bond donors (Lipinski definition) is 2. The molecule has 2 aromatic carbocycles. The fourth-order valence-electron chi connectivity index (χ4n) is 2.98. The summed E-state index contributed by atoms with van der Waals surface area (Å²) in [5.41, 5.74) is 1.54. The maximum Gasteiger partial charge on any atom is 0.252 e. The molecule has 0 saturated carbocycles. The number of carbonyl (C=O) groups is 1. The van der Waals surface area contributed by atoms with E-state index in [0.29, 0.717) is 22.2 Å². The molecule has 0 unspecified atom stereocenters. The van der Waals surface area contributed by atoms with Crippen LogP contribution in [0.15, 0.2) is 46.9 Å². The van der Waals surface area contributed by atoms with Gasteiger partial charge in [-0.15, -0.1) is 0 Å². The second-order valence-electron chi connectivity index (χ2n) is 5.72. The number of benzene rings is 2. The fourth-order valence-corrected chi connectivity index (χ4v) is 3.41. The first-order valence-electron chi connectivity index (χ1n) is 7.46. The first kappa shape index (κ1) is 16.0. The van der Waals surface area contributed by atoms with Gasteiger partial charge in [-0.25, -0.2) is 0 Å². The average Bonchev–Trinajstić information content (AvgIpc) is 2.91. The van der Waals surface area contributed by atoms with Crippen LogP contribution in [0.25, 0.3) is 0 Å². The highest BCUT2D eigenvalue weighted by atomic mass is 79.9. The minimum atomic E-state index is -1.00. The standard InChI is InChI=1S/C18H18BrNO3/c1-23-13-6-7-16(19)14(10-13)17(21)20-11-18(22)9-8-12-4-2-3-5-15(12)18/h2-7,10,22H,8-9,11H2,1H3,(H,20,21)/t18-/m0/s1. The van der Waals surface area contributed by atoms with Crippen molar-refractivity contribution in [2.75, 3.05) is 13.7 Å². The molecule has 2 N–H and O–H groups in total. The number of rotatable bonds is 4. The van der Waals surface area contributed by atoms with E-state index in [9.17, 15) is 9.90 Å². The van der Waals surface area contributed by atoms with Crippen LogP contribution < -0.4 is 10.1 Å². The lowest BCUT2D eigenvalue weighted by Gasteiger charge is -2.24. The van der Waals surface area contributed by atoms with Crippen LogP contribution in [0.4, 0.5) is 0 Å². The van der Waals surface area contributed by atoms with Crippen molar-refractivity contribution in [1.82, 2.24) is 5.32 Å². The number of nitrogens with one attached hydrogen (secondary N) is 1. The number of aryl methyl sites for hydroxylation is 1. The first-order valence-corrected chi connectivity index (χ1v) is 8.25. The number of carbonyl (C=O) groups excluding carboxylic acids is 1. The molecule has 0 aliphatic heterocycles. The van der Waals surface area contributed by atoms with E-state index in [2.05, 4.69) is 21.2 Å². The Morgan fingerprint density at radius 3 is 2.91 bits per heavy atom. The van der Waals surface area contributed by atoms with Gasteiger partial charge >= 0.3 is 0 Å². The summed E-state index contributed by atoms with van der Waals surface area (Å²) < 4.78 is 5.84. The van der Waals surface area contributed by atoms with Crippen LogP contribution in [-0.2, 0) is 12.0 Å². The molecule has 1 aliphatic carbocycles. The molecule has 1 aliphatic rings. The van der Waals surface area contributed by atoms with Gasteiger partial charge in [0.05, 0.1) is 19.2 Å². The van der Waals surface area contributed by atoms with Crippen molar-refractivity contribution in [1.29, 1.82) is 0 Å². The molecule has 0 aromatic heterocycles. The smallest absolute Gasteiger partial charge is 0.252 e. The van der Waals surface area contributed by atoms with Crippen molar-refractivity contribution in [3.05, 3.63) is 63.6 Å². The van der Waals surface area contributed by atoms with Crippen LogP contribution in [0, 0.1) is 0 Å². The van der Waals surface area contributed by atoms with Crippen LogP contribution >= 0.6 is 15.9 Å². The number of fused-ring (bicyclic) bond motifs is 1. The normalized spacial score (nSPS) is 19.3. The molecule has 0 fully saturated rings. The minimum absolute atomic E-state index is 0.187. The van der Waals surface area contributed by atoms with Crippen molar-refractivity contribution < 1.29 is 14.6 Å². The second kappa shape index (κ2) is 6.34. The van der Waals surface area contributed by atoms with E-state index in [1.807, 2.05) is 24.3 Å². The molecule has 5 heteroatoms. The number of halogens is 1. The van der Waals surface area contributed by atoms with E-state index in [0.717, 1.165) is 17.5 Å². The molecule has 0 bridgehead atoms. The van der Waals surface area contributed by atoms with Gasteiger partial charge in [0.2, 0.25) is 0 Å². The van der Waals surface area contributed by atoms with Crippen molar-refractivity contribution in [3.63, 3.8) is 0 Å². The van der Waals surface area contributed by atoms with Gasteiger partial charge in [-0.2, -0.15) is 0 Å². The van der Waals surface area contributed by atoms with Crippen molar-refractivity contribution in [2.24, 2.45) is 0 Å². The monoisotopic (exact) mass is 375 g/mol. The largest absolute Gasteiger partial charge is 0.497 e. The predicted octanol–water partition coefficient (Wildman–Crippen LogP) is 3.02. The molecule has 120 valence electrons. The van der Waals surface area contributed by atoms with Gasteiger partial charge in [-0.05, 0) is 58.1 Å².